The van der Waals surface area contributed by atoms with Crippen LogP contribution in [0.2, 0.25) is 0 Å². The molecular weight excluding hydrogens is 378 g/mol. The molecule has 168 valence electrons. The standard InChI is InChI=1S/C20H37N3O6/c1-6-27-12-9-21-16(24)14-20(17(25)22-10-13-28-7-2)8-11-23(15-20)18(26)29-19(3,4)5/h6-15H2,1-5H3,(H,21,24)(H,22,25)/t20-/m1/s1. The number of nitrogens with zero attached hydrogens (tertiary/aromatic N) is 1. The van der Waals surface area contributed by atoms with Crippen LogP contribution in [0.15, 0.2) is 0 Å². The van der Waals surface area contributed by atoms with Gasteiger partial charge in [0.05, 0.1) is 18.6 Å². The molecule has 0 aromatic carbocycles. The Morgan fingerprint density at radius 2 is 1.59 bits per heavy atom. The van der Waals surface area contributed by atoms with Gasteiger partial charge in [0.15, 0.2) is 0 Å². The molecule has 3 amide bonds. The minimum Gasteiger partial charge on any atom is -0.444 e. The molecule has 1 saturated heterocycles. The second-order valence-electron chi connectivity index (χ2n) is 8.11. The van der Waals surface area contributed by atoms with Gasteiger partial charge in [-0.15, -0.1) is 0 Å². The molecule has 29 heavy (non-hydrogen) atoms. The van der Waals surface area contributed by atoms with E-state index >= 15 is 0 Å². The summed E-state index contributed by atoms with van der Waals surface area (Å²) in [6.45, 7) is 12.3. The summed E-state index contributed by atoms with van der Waals surface area (Å²) < 4.78 is 15.9. The summed E-state index contributed by atoms with van der Waals surface area (Å²) >= 11 is 0. The highest BCUT2D eigenvalue weighted by Gasteiger charge is 2.48. The van der Waals surface area contributed by atoms with Gasteiger partial charge in [0, 0.05) is 45.8 Å². The molecule has 9 heteroatoms. The van der Waals surface area contributed by atoms with Gasteiger partial charge in [-0.1, -0.05) is 0 Å². The largest absolute Gasteiger partial charge is 0.444 e. The molecule has 0 radical (unpaired) electrons. The molecule has 1 heterocycles. The topological polar surface area (TPSA) is 106 Å². The molecule has 0 aliphatic carbocycles. The first-order chi connectivity index (χ1) is 13.6. The van der Waals surface area contributed by atoms with Gasteiger partial charge in [-0.3, -0.25) is 9.59 Å². The Bertz CT molecular complexity index is 549. The average Bonchev–Trinajstić information content (AvgIpc) is 3.06. The van der Waals surface area contributed by atoms with E-state index in [1.54, 1.807) is 20.8 Å². The molecular formula is C20H37N3O6. The molecule has 2 N–H and O–H groups in total. The fraction of sp³-hybridized carbons (Fsp3) is 0.850. The first-order valence-electron chi connectivity index (χ1n) is 10.3. The highest BCUT2D eigenvalue weighted by molar-refractivity contribution is 5.90. The molecule has 0 bridgehead atoms. The van der Waals surface area contributed by atoms with Crippen molar-refractivity contribution in [1.82, 2.24) is 15.5 Å². The second-order valence-corrected chi connectivity index (χ2v) is 8.11. The average molecular weight is 416 g/mol. The van der Waals surface area contributed by atoms with Crippen LogP contribution in [0.1, 0.15) is 47.5 Å². The summed E-state index contributed by atoms with van der Waals surface area (Å²) in [6, 6.07) is 0. The predicted molar refractivity (Wildman–Crippen MR) is 108 cm³/mol. The SMILES string of the molecule is CCOCCNC(=O)C[C@]1(C(=O)NCCOCC)CCN(C(=O)OC(C)(C)C)C1. The molecule has 1 rings (SSSR count). The zero-order valence-electron chi connectivity index (χ0n) is 18.5. The summed E-state index contributed by atoms with van der Waals surface area (Å²) in [5.74, 6) is -0.487. The van der Waals surface area contributed by atoms with Gasteiger partial charge in [0.2, 0.25) is 11.8 Å². The Balaban J connectivity index is 2.77. The van der Waals surface area contributed by atoms with Gasteiger partial charge in [-0.25, -0.2) is 4.79 Å². The number of likely N-dealkylation sites (tertiary alicyclic amines) is 1. The van der Waals surface area contributed by atoms with E-state index in [9.17, 15) is 14.4 Å². The third-order valence-electron chi connectivity index (χ3n) is 4.49. The maximum absolute atomic E-state index is 12.9. The third-order valence-corrected chi connectivity index (χ3v) is 4.49. The van der Waals surface area contributed by atoms with Gasteiger partial charge in [-0.05, 0) is 41.0 Å². The van der Waals surface area contributed by atoms with Crippen molar-refractivity contribution in [2.24, 2.45) is 5.41 Å². The first kappa shape index (κ1) is 25.2. The Labute approximate surface area is 173 Å². The number of carbonyl (C=O) groups excluding carboxylic acids is 3. The quantitative estimate of drug-likeness (QED) is 0.493. The number of amides is 3. The predicted octanol–water partition coefficient (Wildman–Crippen LogP) is 1.31. The third kappa shape index (κ3) is 8.99. The summed E-state index contributed by atoms with van der Waals surface area (Å²) in [4.78, 5) is 39.3. The molecule has 0 aromatic heterocycles. The molecule has 1 aliphatic heterocycles. The number of rotatable bonds is 11. The van der Waals surface area contributed by atoms with Crippen molar-refractivity contribution < 1.29 is 28.6 Å². The smallest absolute Gasteiger partial charge is 0.410 e. The lowest BCUT2D eigenvalue weighted by atomic mass is 9.82. The normalized spacial score (nSPS) is 19.1. The molecule has 0 unspecified atom stereocenters. The number of nitrogens with one attached hydrogen (secondary N) is 2. The maximum Gasteiger partial charge on any atom is 0.410 e. The van der Waals surface area contributed by atoms with Crippen molar-refractivity contribution >= 4 is 17.9 Å². The Morgan fingerprint density at radius 3 is 2.14 bits per heavy atom. The fourth-order valence-corrected chi connectivity index (χ4v) is 3.11. The number of carbonyl (C=O) groups is 3. The van der Waals surface area contributed by atoms with E-state index < -0.39 is 17.1 Å². The van der Waals surface area contributed by atoms with Crippen LogP contribution in [0.3, 0.4) is 0 Å². The number of ether oxygens (including phenoxy) is 3. The molecule has 1 atom stereocenters. The molecule has 0 aromatic rings. The lowest BCUT2D eigenvalue weighted by molar-refractivity contribution is -0.136. The van der Waals surface area contributed by atoms with Crippen LogP contribution < -0.4 is 10.6 Å². The zero-order valence-corrected chi connectivity index (χ0v) is 18.5. The Hall–Kier alpha value is -1.87. The van der Waals surface area contributed by atoms with Gasteiger partial charge >= 0.3 is 6.09 Å². The van der Waals surface area contributed by atoms with Crippen LogP contribution in [0, 0.1) is 5.41 Å². The highest BCUT2D eigenvalue weighted by Crippen LogP contribution is 2.35. The summed E-state index contributed by atoms with van der Waals surface area (Å²) in [5, 5.41) is 5.62. The zero-order chi connectivity index (χ0) is 21.9. The van der Waals surface area contributed by atoms with Crippen molar-refractivity contribution in [3.63, 3.8) is 0 Å². The minimum atomic E-state index is -0.987. The first-order valence-corrected chi connectivity index (χ1v) is 10.3. The highest BCUT2D eigenvalue weighted by atomic mass is 16.6. The monoisotopic (exact) mass is 415 g/mol. The van der Waals surface area contributed by atoms with Crippen LogP contribution in [-0.4, -0.2) is 81.0 Å². The van der Waals surface area contributed by atoms with E-state index in [-0.39, 0.29) is 24.8 Å². The van der Waals surface area contributed by atoms with Crippen molar-refractivity contribution in [2.45, 2.75) is 53.1 Å². The number of hydrogen-bond donors (Lipinski definition) is 2. The van der Waals surface area contributed by atoms with Crippen molar-refractivity contribution in [1.29, 1.82) is 0 Å². The lowest BCUT2D eigenvalue weighted by Gasteiger charge is -2.29. The van der Waals surface area contributed by atoms with Gasteiger partial charge in [0.1, 0.15) is 5.60 Å². The Morgan fingerprint density at radius 1 is 1.00 bits per heavy atom. The van der Waals surface area contributed by atoms with Crippen molar-refractivity contribution in [3.8, 4) is 0 Å². The second kappa shape index (κ2) is 12.0. The molecule has 1 fully saturated rings. The summed E-state index contributed by atoms with van der Waals surface area (Å²) in [7, 11) is 0. The van der Waals surface area contributed by atoms with Gasteiger partial charge in [-0.2, -0.15) is 0 Å². The molecule has 9 nitrogen and oxygen atoms in total. The van der Waals surface area contributed by atoms with E-state index in [2.05, 4.69) is 10.6 Å². The van der Waals surface area contributed by atoms with E-state index in [1.807, 2.05) is 13.8 Å². The van der Waals surface area contributed by atoms with Gasteiger partial charge < -0.3 is 29.7 Å². The molecule has 0 spiro atoms. The van der Waals surface area contributed by atoms with Gasteiger partial charge in [0.25, 0.3) is 0 Å². The van der Waals surface area contributed by atoms with E-state index in [4.69, 9.17) is 14.2 Å². The van der Waals surface area contributed by atoms with Crippen molar-refractivity contribution in [3.05, 3.63) is 0 Å². The molecule has 0 saturated carbocycles. The summed E-state index contributed by atoms with van der Waals surface area (Å²) in [5.41, 5.74) is -1.61. The molecule has 1 aliphatic rings. The van der Waals surface area contributed by atoms with Crippen LogP contribution in [0.4, 0.5) is 4.79 Å². The maximum atomic E-state index is 12.9. The van der Waals surface area contributed by atoms with Crippen LogP contribution in [0.25, 0.3) is 0 Å². The van der Waals surface area contributed by atoms with Crippen LogP contribution >= 0.6 is 0 Å². The van der Waals surface area contributed by atoms with E-state index in [0.29, 0.717) is 52.5 Å². The summed E-state index contributed by atoms with van der Waals surface area (Å²) in [6.07, 6.45) is -0.0805. The fourth-order valence-electron chi connectivity index (χ4n) is 3.11. The van der Waals surface area contributed by atoms with Crippen LogP contribution in [0.5, 0.6) is 0 Å². The van der Waals surface area contributed by atoms with E-state index in [0.717, 1.165) is 0 Å². The number of hydrogen-bond acceptors (Lipinski definition) is 6. The Kier molecular flexibility index (Phi) is 10.4. The van der Waals surface area contributed by atoms with Crippen molar-refractivity contribution in [2.75, 3.05) is 52.6 Å². The minimum absolute atomic E-state index is 0.00110. The van der Waals surface area contributed by atoms with E-state index in [1.165, 1.54) is 4.90 Å². The van der Waals surface area contributed by atoms with Crippen LogP contribution in [-0.2, 0) is 23.8 Å². The lowest BCUT2D eigenvalue weighted by Crippen LogP contribution is -2.48.